The maximum absolute atomic E-state index is 13.0. The Morgan fingerprint density at radius 1 is 1.17 bits per heavy atom. The van der Waals surface area contributed by atoms with Crippen LogP contribution in [0.1, 0.15) is 35.1 Å². The number of carbonyl (C=O) groups excluding carboxylic acids is 2. The van der Waals surface area contributed by atoms with Crippen LogP contribution in [0.15, 0.2) is 24.3 Å². The number of hydrogen-bond donors (Lipinski definition) is 2. The van der Waals surface area contributed by atoms with Crippen LogP contribution >= 0.6 is 0 Å². The van der Waals surface area contributed by atoms with E-state index < -0.39 is 0 Å². The van der Waals surface area contributed by atoms with E-state index in [4.69, 9.17) is 0 Å². The van der Waals surface area contributed by atoms with Gasteiger partial charge in [0.05, 0.1) is 29.2 Å². The molecule has 0 saturated carbocycles. The predicted molar refractivity (Wildman–Crippen MR) is 88.6 cm³/mol. The molecule has 24 heavy (non-hydrogen) atoms. The molecule has 2 N–H and O–H groups in total. The Labute approximate surface area is 140 Å². The molecule has 0 aliphatic rings. The fourth-order valence-electron chi connectivity index (χ4n) is 2.38. The first kappa shape index (κ1) is 17.7. The first-order valence-electron chi connectivity index (χ1n) is 7.81. The van der Waals surface area contributed by atoms with Gasteiger partial charge >= 0.3 is 0 Å². The van der Waals surface area contributed by atoms with Crippen molar-refractivity contribution < 1.29 is 14.0 Å². The average molecular weight is 332 g/mol. The van der Waals surface area contributed by atoms with Crippen molar-refractivity contribution in [3.63, 3.8) is 0 Å². The first-order valence-corrected chi connectivity index (χ1v) is 7.81. The number of hydrogen-bond acceptors (Lipinski definition) is 3. The van der Waals surface area contributed by atoms with Crippen molar-refractivity contribution in [2.45, 2.75) is 27.2 Å². The fourth-order valence-corrected chi connectivity index (χ4v) is 2.38. The summed E-state index contributed by atoms with van der Waals surface area (Å²) >= 11 is 0. The lowest BCUT2D eigenvalue weighted by Gasteiger charge is -2.07. The van der Waals surface area contributed by atoms with E-state index in [0.717, 1.165) is 6.42 Å². The van der Waals surface area contributed by atoms with E-state index in [1.807, 2.05) is 6.92 Å². The number of nitrogens with zero attached hydrogens (tertiary/aromatic N) is 2. The highest BCUT2D eigenvalue weighted by Gasteiger charge is 2.19. The Bertz CT molecular complexity index is 738. The van der Waals surface area contributed by atoms with Gasteiger partial charge in [0.1, 0.15) is 5.82 Å². The van der Waals surface area contributed by atoms with Gasteiger partial charge < -0.3 is 10.6 Å². The number of aromatic nitrogens is 2. The number of amides is 2. The summed E-state index contributed by atoms with van der Waals surface area (Å²) in [5.41, 5.74) is 2.26. The van der Waals surface area contributed by atoms with E-state index in [0.29, 0.717) is 29.2 Å². The van der Waals surface area contributed by atoms with Gasteiger partial charge in [0.25, 0.3) is 5.91 Å². The van der Waals surface area contributed by atoms with Gasteiger partial charge in [-0.1, -0.05) is 6.92 Å². The smallest absolute Gasteiger partial charge is 0.255 e. The monoisotopic (exact) mass is 332 g/mol. The Kier molecular flexibility index (Phi) is 5.68. The highest BCUT2D eigenvalue weighted by atomic mass is 19.1. The Hall–Kier alpha value is -2.70. The van der Waals surface area contributed by atoms with Gasteiger partial charge in [0.15, 0.2) is 0 Å². The third-order valence-corrected chi connectivity index (χ3v) is 3.57. The van der Waals surface area contributed by atoms with Gasteiger partial charge in [-0.15, -0.1) is 0 Å². The lowest BCUT2D eigenvalue weighted by molar-refractivity contribution is -0.120. The summed E-state index contributed by atoms with van der Waals surface area (Å²) in [6.07, 6.45) is 0.836. The molecule has 0 aliphatic heterocycles. The summed E-state index contributed by atoms with van der Waals surface area (Å²) in [5, 5.41) is 9.63. The van der Waals surface area contributed by atoms with Crippen LogP contribution in [0.3, 0.4) is 0 Å². The Balaban J connectivity index is 2.15. The zero-order chi connectivity index (χ0) is 17.7. The maximum atomic E-state index is 13.0. The highest BCUT2D eigenvalue weighted by molar-refractivity contribution is 5.98. The van der Waals surface area contributed by atoms with E-state index >= 15 is 0 Å². The molecule has 0 spiro atoms. The van der Waals surface area contributed by atoms with E-state index in [1.54, 1.807) is 30.7 Å². The largest absolute Gasteiger partial charge is 0.355 e. The Morgan fingerprint density at radius 3 is 2.46 bits per heavy atom. The van der Waals surface area contributed by atoms with Crippen molar-refractivity contribution in [3.05, 3.63) is 47.0 Å². The van der Waals surface area contributed by atoms with Crippen LogP contribution in [0, 0.1) is 19.7 Å². The molecule has 128 valence electrons. The molecule has 7 heteroatoms. The maximum Gasteiger partial charge on any atom is 0.255 e. The van der Waals surface area contributed by atoms with Crippen LogP contribution in [0.2, 0.25) is 0 Å². The number of carbonyl (C=O) groups is 2. The predicted octanol–water partition coefficient (Wildman–Crippen LogP) is 1.88. The SMILES string of the molecule is CCCNC(=O)CNC(=O)c1c(C)nn(-c2ccc(F)cc2)c1C. The van der Waals surface area contributed by atoms with Crippen LogP contribution < -0.4 is 10.6 Å². The third kappa shape index (κ3) is 3.98. The molecule has 0 atom stereocenters. The summed E-state index contributed by atoms with van der Waals surface area (Å²) < 4.78 is 14.6. The van der Waals surface area contributed by atoms with Crippen molar-refractivity contribution in [1.29, 1.82) is 0 Å². The molecular weight excluding hydrogens is 311 g/mol. The van der Waals surface area contributed by atoms with Gasteiger partial charge in [-0.2, -0.15) is 5.10 Å². The second kappa shape index (κ2) is 7.72. The quantitative estimate of drug-likeness (QED) is 0.848. The fraction of sp³-hybridized carbons (Fsp3) is 0.353. The molecular formula is C17H21FN4O2. The molecule has 0 bridgehead atoms. The molecule has 2 aromatic rings. The minimum absolute atomic E-state index is 0.0839. The van der Waals surface area contributed by atoms with Crippen LogP contribution in [-0.2, 0) is 4.79 Å². The van der Waals surface area contributed by atoms with E-state index in [2.05, 4.69) is 15.7 Å². The van der Waals surface area contributed by atoms with Gasteiger partial charge in [0, 0.05) is 6.54 Å². The summed E-state index contributed by atoms with van der Waals surface area (Å²) in [6, 6.07) is 5.86. The molecule has 6 nitrogen and oxygen atoms in total. The second-order valence-electron chi connectivity index (χ2n) is 5.47. The van der Waals surface area contributed by atoms with Crippen molar-refractivity contribution >= 4 is 11.8 Å². The molecule has 0 unspecified atom stereocenters. The summed E-state index contributed by atoms with van der Waals surface area (Å²) in [6.45, 7) is 5.93. The number of rotatable bonds is 6. The number of halogens is 1. The van der Waals surface area contributed by atoms with Gasteiger partial charge in [-0.3, -0.25) is 9.59 Å². The summed E-state index contributed by atoms with van der Waals surface area (Å²) in [5.74, 6) is -0.923. The molecule has 1 aromatic carbocycles. The third-order valence-electron chi connectivity index (χ3n) is 3.57. The van der Waals surface area contributed by atoms with Crippen molar-refractivity contribution in [1.82, 2.24) is 20.4 Å². The molecule has 1 aromatic heterocycles. The van der Waals surface area contributed by atoms with Gasteiger partial charge in [-0.05, 0) is 44.5 Å². The lowest BCUT2D eigenvalue weighted by atomic mass is 10.2. The van der Waals surface area contributed by atoms with Crippen LogP contribution in [-0.4, -0.2) is 34.7 Å². The summed E-state index contributed by atoms with van der Waals surface area (Å²) in [7, 11) is 0. The van der Waals surface area contributed by atoms with Gasteiger partial charge in [-0.25, -0.2) is 9.07 Å². The summed E-state index contributed by atoms with van der Waals surface area (Å²) in [4.78, 5) is 23.9. The average Bonchev–Trinajstić information content (AvgIpc) is 2.86. The molecule has 0 aliphatic carbocycles. The minimum Gasteiger partial charge on any atom is -0.355 e. The zero-order valence-corrected chi connectivity index (χ0v) is 14.0. The van der Waals surface area contributed by atoms with Crippen molar-refractivity contribution in [2.24, 2.45) is 0 Å². The second-order valence-corrected chi connectivity index (χ2v) is 5.47. The van der Waals surface area contributed by atoms with Crippen molar-refractivity contribution in [3.8, 4) is 5.69 Å². The standard InChI is InChI=1S/C17H21FN4O2/c1-4-9-19-15(23)10-20-17(24)16-11(2)21-22(12(16)3)14-7-5-13(18)6-8-14/h5-8H,4,9-10H2,1-3H3,(H,19,23)(H,20,24). The van der Waals surface area contributed by atoms with Gasteiger partial charge in [0.2, 0.25) is 5.91 Å². The van der Waals surface area contributed by atoms with E-state index in [-0.39, 0.29) is 24.2 Å². The molecule has 0 radical (unpaired) electrons. The molecule has 1 heterocycles. The molecule has 2 amide bonds. The van der Waals surface area contributed by atoms with Crippen molar-refractivity contribution in [2.75, 3.05) is 13.1 Å². The minimum atomic E-state index is -0.356. The molecule has 0 saturated heterocycles. The first-order chi connectivity index (χ1) is 11.4. The normalized spacial score (nSPS) is 10.5. The van der Waals surface area contributed by atoms with E-state index in [1.165, 1.54) is 12.1 Å². The number of aryl methyl sites for hydroxylation is 1. The lowest BCUT2D eigenvalue weighted by Crippen LogP contribution is -2.37. The zero-order valence-electron chi connectivity index (χ0n) is 14.0. The van der Waals surface area contributed by atoms with Crippen LogP contribution in [0.25, 0.3) is 5.69 Å². The molecule has 2 rings (SSSR count). The number of benzene rings is 1. The Morgan fingerprint density at radius 2 is 1.83 bits per heavy atom. The van der Waals surface area contributed by atoms with Crippen LogP contribution in [0.4, 0.5) is 4.39 Å². The number of nitrogens with one attached hydrogen (secondary N) is 2. The van der Waals surface area contributed by atoms with Crippen LogP contribution in [0.5, 0.6) is 0 Å². The highest BCUT2D eigenvalue weighted by Crippen LogP contribution is 2.18. The topological polar surface area (TPSA) is 76.0 Å². The van der Waals surface area contributed by atoms with E-state index in [9.17, 15) is 14.0 Å². The molecule has 0 fully saturated rings.